The van der Waals surface area contributed by atoms with E-state index in [1.807, 2.05) is 51.1 Å². The maximum atomic E-state index is 14.2. The zero-order chi connectivity index (χ0) is 25.3. The Kier molecular flexibility index (Phi) is 6.97. The Labute approximate surface area is 213 Å². The van der Waals surface area contributed by atoms with Crippen molar-refractivity contribution in [3.63, 3.8) is 0 Å². The predicted octanol–water partition coefficient (Wildman–Crippen LogP) is 5.36. The molecule has 3 saturated heterocycles. The Morgan fingerprint density at radius 2 is 1.83 bits per heavy atom. The molecule has 1 unspecified atom stereocenters. The first-order valence-electron chi connectivity index (χ1n) is 13.0. The van der Waals surface area contributed by atoms with Crippen LogP contribution in [0.4, 0.5) is 9.18 Å². The van der Waals surface area contributed by atoms with Crippen LogP contribution in [-0.2, 0) is 16.1 Å². The highest BCUT2D eigenvalue weighted by Gasteiger charge is 2.53. The maximum Gasteiger partial charge on any atom is 0.410 e. The smallest absolute Gasteiger partial charge is 0.410 e. The van der Waals surface area contributed by atoms with Crippen LogP contribution in [0, 0.1) is 5.82 Å². The van der Waals surface area contributed by atoms with Crippen LogP contribution in [0.3, 0.4) is 0 Å². The van der Waals surface area contributed by atoms with Gasteiger partial charge < -0.3 is 19.1 Å². The molecule has 1 amide bonds. The molecular weight excluding hydrogens is 459 g/mol. The molecule has 0 aliphatic carbocycles. The first-order chi connectivity index (χ1) is 17.2. The molecule has 7 heteroatoms. The van der Waals surface area contributed by atoms with Crippen LogP contribution < -0.4 is 4.74 Å². The number of hydrogen-bond acceptors (Lipinski definition) is 5. The molecule has 3 fully saturated rings. The topological polar surface area (TPSA) is 51.2 Å². The van der Waals surface area contributed by atoms with E-state index in [0.717, 1.165) is 49.2 Å². The van der Waals surface area contributed by atoms with E-state index in [2.05, 4.69) is 4.90 Å². The maximum absolute atomic E-state index is 14.2. The van der Waals surface area contributed by atoms with Gasteiger partial charge in [-0.2, -0.15) is 0 Å². The van der Waals surface area contributed by atoms with Gasteiger partial charge in [-0.05, 0) is 82.8 Å². The number of hydrogen-bond donors (Lipinski definition) is 0. The van der Waals surface area contributed by atoms with E-state index in [9.17, 15) is 9.18 Å². The van der Waals surface area contributed by atoms with E-state index in [4.69, 9.17) is 14.2 Å². The summed E-state index contributed by atoms with van der Waals surface area (Å²) in [6, 6.07) is 15.3. The number of likely N-dealkylation sites (tertiary alicyclic amines) is 2. The van der Waals surface area contributed by atoms with Crippen LogP contribution in [0.5, 0.6) is 5.75 Å². The molecule has 0 radical (unpaired) electrons. The van der Waals surface area contributed by atoms with Crippen molar-refractivity contribution in [2.45, 2.75) is 69.8 Å². The summed E-state index contributed by atoms with van der Waals surface area (Å²) >= 11 is 0. The number of ether oxygens (including phenoxy) is 3. The molecule has 0 saturated carbocycles. The van der Waals surface area contributed by atoms with Crippen LogP contribution in [0.2, 0.25) is 0 Å². The lowest BCUT2D eigenvalue weighted by molar-refractivity contribution is -0.109. The van der Waals surface area contributed by atoms with Gasteiger partial charge in [0.2, 0.25) is 0 Å². The molecular formula is C29H37FN2O4. The molecule has 5 rings (SSSR count). The molecule has 0 N–H and O–H groups in total. The van der Waals surface area contributed by atoms with Gasteiger partial charge in [0.25, 0.3) is 0 Å². The van der Waals surface area contributed by atoms with E-state index in [1.165, 1.54) is 6.07 Å². The summed E-state index contributed by atoms with van der Waals surface area (Å²) in [5.74, 6) is 0.828. The Balaban J connectivity index is 1.14. The van der Waals surface area contributed by atoms with Crippen molar-refractivity contribution in [3.05, 3.63) is 65.5 Å². The van der Waals surface area contributed by atoms with Crippen molar-refractivity contribution in [1.82, 2.24) is 9.80 Å². The summed E-state index contributed by atoms with van der Waals surface area (Å²) in [6.07, 6.45) is 2.58. The number of halogens is 1. The van der Waals surface area contributed by atoms with Crippen molar-refractivity contribution in [2.75, 3.05) is 32.8 Å². The zero-order valence-corrected chi connectivity index (χ0v) is 21.5. The van der Waals surface area contributed by atoms with Crippen molar-refractivity contribution in [2.24, 2.45) is 0 Å². The SMILES string of the molecule is CC(C)(C)OC(=O)N1CC2(CC(N3CCC(c4cc(F)ccc4OCc4ccccc4)CC3)CO2)C1. The lowest BCUT2D eigenvalue weighted by Gasteiger charge is -2.47. The largest absolute Gasteiger partial charge is 0.489 e. The van der Waals surface area contributed by atoms with E-state index < -0.39 is 5.60 Å². The molecule has 6 nitrogen and oxygen atoms in total. The summed E-state index contributed by atoms with van der Waals surface area (Å²) in [6.45, 7) is 9.90. The van der Waals surface area contributed by atoms with E-state index in [-0.39, 0.29) is 23.4 Å². The standard InChI is InChI=1S/C29H37FN2O4/c1-28(2,3)36-27(33)32-19-29(20-32)16-24(18-35-29)31-13-11-22(12-14-31)25-15-23(30)9-10-26(25)34-17-21-7-5-4-6-8-21/h4-10,15,22,24H,11-14,16-20H2,1-3H3. The third kappa shape index (κ3) is 5.68. The fourth-order valence-corrected chi connectivity index (χ4v) is 5.66. The van der Waals surface area contributed by atoms with Gasteiger partial charge in [-0.25, -0.2) is 9.18 Å². The Bertz CT molecular complexity index is 1060. The third-order valence-corrected chi connectivity index (χ3v) is 7.49. The second kappa shape index (κ2) is 10.0. The molecule has 2 aromatic rings. The fourth-order valence-electron chi connectivity index (χ4n) is 5.66. The molecule has 3 aliphatic rings. The highest BCUT2D eigenvalue weighted by atomic mass is 19.1. The van der Waals surface area contributed by atoms with Crippen LogP contribution in [0.1, 0.15) is 57.1 Å². The van der Waals surface area contributed by atoms with Gasteiger partial charge in [0.05, 0.1) is 19.7 Å². The number of amides is 1. The van der Waals surface area contributed by atoms with E-state index in [1.54, 1.807) is 17.0 Å². The molecule has 3 heterocycles. The van der Waals surface area contributed by atoms with Crippen molar-refractivity contribution in [1.29, 1.82) is 0 Å². The summed E-state index contributed by atoms with van der Waals surface area (Å²) < 4.78 is 32.0. The predicted molar refractivity (Wildman–Crippen MR) is 136 cm³/mol. The average molecular weight is 497 g/mol. The Morgan fingerprint density at radius 3 is 2.53 bits per heavy atom. The second-order valence-corrected chi connectivity index (χ2v) is 11.5. The second-order valence-electron chi connectivity index (χ2n) is 11.5. The van der Waals surface area contributed by atoms with Crippen LogP contribution in [-0.4, -0.2) is 65.9 Å². The van der Waals surface area contributed by atoms with Crippen molar-refractivity contribution < 1.29 is 23.4 Å². The number of nitrogens with zero attached hydrogens (tertiary/aromatic N) is 2. The minimum absolute atomic E-state index is 0.217. The number of benzene rings is 2. The molecule has 3 aliphatic heterocycles. The normalized spacial score (nSPS) is 22.4. The fraction of sp³-hybridized carbons (Fsp3) is 0.552. The van der Waals surface area contributed by atoms with E-state index in [0.29, 0.717) is 32.3 Å². The molecule has 2 aromatic carbocycles. The van der Waals surface area contributed by atoms with Gasteiger partial charge in [-0.15, -0.1) is 0 Å². The number of carbonyl (C=O) groups is 1. The van der Waals surface area contributed by atoms with Crippen molar-refractivity contribution >= 4 is 6.09 Å². The lowest BCUT2D eigenvalue weighted by Crippen LogP contribution is -2.64. The van der Waals surface area contributed by atoms with Gasteiger partial charge in [0.1, 0.15) is 29.4 Å². The summed E-state index contributed by atoms with van der Waals surface area (Å²) in [5, 5.41) is 0. The van der Waals surface area contributed by atoms with Gasteiger partial charge in [-0.3, -0.25) is 4.90 Å². The van der Waals surface area contributed by atoms with Gasteiger partial charge in [0.15, 0.2) is 0 Å². The zero-order valence-electron chi connectivity index (χ0n) is 21.5. The van der Waals surface area contributed by atoms with Gasteiger partial charge in [0, 0.05) is 11.6 Å². The minimum Gasteiger partial charge on any atom is -0.489 e. The number of piperidine rings is 1. The summed E-state index contributed by atoms with van der Waals surface area (Å²) in [7, 11) is 0. The van der Waals surface area contributed by atoms with E-state index >= 15 is 0 Å². The number of rotatable bonds is 5. The Morgan fingerprint density at radius 1 is 1.11 bits per heavy atom. The first-order valence-corrected chi connectivity index (χ1v) is 13.0. The third-order valence-electron chi connectivity index (χ3n) is 7.49. The molecule has 194 valence electrons. The quantitative estimate of drug-likeness (QED) is 0.558. The summed E-state index contributed by atoms with van der Waals surface area (Å²) in [5.41, 5.74) is 1.34. The highest BCUT2D eigenvalue weighted by molar-refractivity contribution is 5.69. The lowest BCUT2D eigenvalue weighted by atomic mass is 9.86. The summed E-state index contributed by atoms with van der Waals surface area (Å²) in [4.78, 5) is 16.6. The monoisotopic (exact) mass is 496 g/mol. The molecule has 36 heavy (non-hydrogen) atoms. The van der Waals surface area contributed by atoms with Gasteiger partial charge >= 0.3 is 6.09 Å². The minimum atomic E-state index is -0.489. The molecule has 0 bridgehead atoms. The van der Waals surface area contributed by atoms with Crippen LogP contribution in [0.25, 0.3) is 0 Å². The average Bonchev–Trinajstić information content (AvgIpc) is 3.28. The van der Waals surface area contributed by atoms with Crippen molar-refractivity contribution in [3.8, 4) is 5.75 Å². The first kappa shape index (κ1) is 25.0. The molecule has 1 spiro atoms. The Hall–Kier alpha value is -2.64. The highest BCUT2D eigenvalue weighted by Crippen LogP contribution is 2.40. The number of carbonyl (C=O) groups excluding carboxylic acids is 1. The van der Waals surface area contributed by atoms with Gasteiger partial charge in [-0.1, -0.05) is 30.3 Å². The van der Waals surface area contributed by atoms with Crippen LogP contribution >= 0.6 is 0 Å². The molecule has 1 atom stereocenters. The van der Waals surface area contributed by atoms with Crippen LogP contribution in [0.15, 0.2) is 48.5 Å². The molecule has 0 aromatic heterocycles.